The van der Waals surface area contributed by atoms with Crippen LogP contribution in [0.3, 0.4) is 0 Å². The molecule has 0 aliphatic carbocycles. The first-order valence-electron chi connectivity index (χ1n) is 6.98. The van der Waals surface area contributed by atoms with Crippen LogP contribution in [-0.2, 0) is 0 Å². The summed E-state index contributed by atoms with van der Waals surface area (Å²) in [5, 5.41) is 0. The summed E-state index contributed by atoms with van der Waals surface area (Å²) < 4.78 is 3.13. The van der Waals surface area contributed by atoms with Crippen molar-refractivity contribution in [3.05, 3.63) is 60.7 Å². The van der Waals surface area contributed by atoms with Crippen LogP contribution in [0.4, 0.5) is 0 Å². The van der Waals surface area contributed by atoms with Crippen LogP contribution < -0.4 is 6.25 Å². The molecule has 0 N–H and O–H groups in total. The van der Waals surface area contributed by atoms with E-state index in [0.717, 1.165) is 0 Å². The van der Waals surface area contributed by atoms with Crippen molar-refractivity contribution >= 4 is 73.6 Å². The molecule has 0 unspecified atom stereocenters. The molecule has 0 saturated carbocycles. The average Bonchev–Trinajstić information content (AvgIpc) is 2.39. The standard InChI is InChI=1S/2C6H5.C4H12Se2Si2.Pb/c2*1-2-4-6-5-3-1;1-7(2,5)8(3,4)6;/h2*1-5H;1-4H3;. The first-order valence-corrected chi connectivity index (χ1v) is 22.8. The topological polar surface area (TPSA) is 0 Å². The predicted octanol–water partition coefficient (Wildman–Crippen LogP) is 2.15. The van der Waals surface area contributed by atoms with Gasteiger partial charge in [0.2, 0.25) is 0 Å². The van der Waals surface area contributed by atoms with Crippen LogP contribution in [0.5, 0.6) is 0 Å². The van der Waals surface area contributed by atoms with Gasteiger partial charge in [-0.05, 0) is 0 Å². The van der Waals surface area contributed by atoms with Crippen molar-refractivity contribution in [1.29, 1.82) is 0 Å². The third-order valence-electron chi connectivity index (χ3n) is 3.29. The Morgan fingerprint density at radius 3 is 1.14 bits per heavy atom. The quantitative estimate of drug-likeness (QED) is 0.454. The summed E-state index contributed by atoms with van der Waals surface area (Å²) >= 11 is 5.91. The minimum absolute atomic E-state index is 0.740. The number of hydrogen-bond donors (Lipinski definition) is 0. The second kappa shape index (κ2) is 9.21. The Hall–Kier alpha value is 0.835. The molecule has 0 fully saturated rings. The van der Waals surface area contributed by atoms with Gasteiger partial charge in [-0.1, -0.05) is 0 Å². The first-order chi connectivity index (χ1) is 9.70. The van der Waals surface area contributed by atoms with Crippen LogP contribution in [0.2, 0.25) is 26.2 Å². The van der Waals surface area contributed by atoms with Gasteiger partial charge in [0.15, 0.2) is 0 Å². The molecule has 110 valence electrons. The molecule has 2 rings (SSSR count). The van der Waals surface area contributed by atoms with E-state index in [9.17, 15) is 0 Å². The van der Waals surface area contributed by atoms with Crippen molar-refractivity contribution in [2.75, 3.05) is 0 Å². The Balaban J connectivity index is 0.000000240. The van der Waals surface area contributed by atoms with Crippen molar-refractivity contribution in [3.63, 3.8) is 0 Å². The van der Waals surface area contributed by atoms with Crippen LogP contribution in [0.1, 0.15) is 0 Å². The summed E-state index contributed by atoms with van der Waals surface area (Å²) in [4.78, 5) is 0. The van der Waals surface area contributed by atoms with Crippen LogP contribution >= 0.6 is 0 Å². The molecule has 0 atom stereocenters. The summed E-state index contributed by atoms with van der Waals surface area (Å²) in [6.07, 6.45) is -1.80. The number of rotatable bonds is 3. The van der Waals surface area contributed by atoms with Crippen LogP contribution in [-0.4, -0.2) is 67.4 Å². The average molecular weight is 636 g/mol. The minimum atomic E-state index is -0.900. The van der Waals surface area contributed by atoms with Crippen molar-refractivity contribution in [2.24, 2.45) is 0 Å². The van der Waals surface area contributed by atoms with E-state index in [1.54, 1.807) is 6.25 Å². The van der Waals surface area contributed by atoms with E-state index in [-0.39, 0.29) is 0 Å². The van der Waals surface area contributed by atoms with Gasteiger partial charge in [-0.2, -0.15) is 0 Å². The molecule has 21 heavy (non-hydrogen) atoms. The first kappa shape index (κ1) is 19.9. The summed E-state index contributed by atoms with van der Waals surface area (Å²) in [5.74, 6) is 0. The van der Waals surface area contributed by atoms with Crippen molar-refractivity contribution in [3.8, 4) is 0 Å². The van der Waals surface area contributed by atoms with E-state index in [4.69, 9.17) is 0 Å². The van der Waals surface area contributed by atoms with Crippen molar-refractivity contribution < 1.29 is 0 Å². The summed E-state index contributed by atoms with van der Waals surface area (Å²) in [6, 6.07) is 21.7. The van der Waals surface area contributed by atoms with Crippen LogP contribution in [0.25, 0.3) is 0 Å². The van der Waals surface area contributed by atoms with Gasteiger partial charge in [0.1, 0.15) is 0 Å². The molecular formula is C16H22PbSe2Si2. The monoisotopic (exact) mass is 638 g/mol. The maximum absolute atomic E-state index is 3.33. The van der Waals surface area contributed by atoms with Gasteiger partial charge in [-0.15, -0.1) is 0 Å². The fourth-order valence-corrected chi connectivity index (χ4v) is 5.30. The van der Waals surface area contributed by atoms with E-state index >= 15 is 0 Å². The van der Waals surface area contributed by atoms with Gasteiger partial charge in [-0.25, -0.2) is 0 Å². The van der Waals surface area contributed by atoms with Crippen molar-refractivity contribution in [2.45, 2.75) is 26.2 Å². The Bertz CT molecular complexity index is 470. The molecule has 2 aromatic rings. The zero-order valence-corrected chi connectivity index (χ0v) is 22.4. The van der Waals surface area contributed by atoms with Gasteiger partial charge in [0, 0.05) is 0 Å². The molecule has 0 saturated heterocycles. The fraction of sp³-hybridized carbons (Fsp3) is 0.250. The summed E-state index contributed by atoms with van der Waals surface area (Å²) in [5.41, 5.74) is 0. The molecule has 0 aliphatic heterocycles. The zero-order chi connectivity index (χ0) is 15.9. The molecule has 2 aromatic carbocycles. The molecule has 0 aliphatic rings. The molecule has 0 bridgehead atoms. The zero-order valence-electron chi connectivity index (χ0n) is 13.1. The third-order valence-corrected chi connectivity index (χ3v) is 44.9. The number of hydrogen-bond acceptors (Lipinski definition) is 0. The molecule has 0 aromatic heterocycles. The molecule has 0 amide bonds. The second-order valence-electron chi connectivity index (χ2n) is 5.88. The molecule has 0 nitrogen and oxygen atoms in total. The molecular weight excluding hydrogens is 613 g/mol. The Kier molecular flexibility index (Phi) is 8.72. The fourth-order valence-electron chi connectivity index (χ4n) is 1.21. The predicted molar refractivity (Wildman–Crippen MR) is 104 cm³/mol. The van der Waals surface area contributed by atoms with E-state index < -0.39 is 36.6 Å². The SMILES string of the molecule is C[Si](C)([Se])[Si](C)(C)[Se].c1cc[c]([Pb][c]2ccccc2)cc1. The maximum atomic E-state index is 3.33. The van der Waals surface area contributed by atoms with Gasteiger partial charge >= 0.3 is 160 Å². The van der Waals surface area contributed by atoms with Crippen LogP contribution in [0.15, 0.2) is 60.7 Å². The molecule has 4 radical (unpaired) electrons. The van der Waals surface area contributed by atoms with E-state index in [0.29, 0.717) is 0 Å². The number of benzene rings is 2. The summed E-state index contributed by atoms with van der Waals surface area (Å²) in [7, 11) is 0. The Morgan fingerprint density at radius 2 is 0.905 bits per heavy atom. The molecule has 0 spiro atoms. The molecule has 5 heteroatoms. The van der Waals surface area contributed by atoms with E-state index in [1.807, 2.05) is 0 Å². The van der Waals surface area contributed by atoms with E-state index in [1.165, 1.54) is 0 Å². The Labute approximate surface area is 159 Å². The van der Waals surface area contributed by atoms with Gasteiger partial charge in [-0.3, -0.25) is 0 Å². The van der Waals surface area contributed by atoms with Crippen LogP contribution in [0, 0.1) is 0 Å². The summed E-state index contributed by atoms with van der Waals surface area (Å²) in [6.45, 7) is 9.54. The van der Waals surface area contributed by atoms with E-state index in [2.05, 4.69) is 118 Å². The van der Waals surface area contributed by atoms with Gasteiger partial charge in [0.25, 0.3) is 0 Å². The van der Waals surface area contributed by atoms with Crippen molar-refractivity contribution in [1.82, 2.24) is 0 Å². The third kappa shape index (κ3) is 8.30. The normalized spacial score (nSPS) is 11.5. The molecule has 0 heterocycles. The second-order valence-corrected chi connectivity index (χ2v) is 42.6. The van der Waals surface area contributed by atoms with Gasteiger partial charge in [0.05, 0.1) is 0 Å². The Morgan fingerprint density at radius 1 is 0.619 bits per heavy atom. The van der Waals surface area contributed by atoms with Gasteiger partial charge < -0.3 is 0 Å².